The standard InChI is InChI=1S/C8H13F3N2O/c1-5(12)7(14)13-3-2-6(4-13)8(9,10)11/h5-6H,2-4,12H2,1H3/t5-,6?/m1/s1. The van der Waals surface area contributed by atoms with Crippen LogP contribution < -0.4 is 5.73 Å². The molecule has 1 heterocycles. The van der Waals surface area contributed by atoms with Gasteiger partial charge in [-0.1, -0.05) is 0 Å². The van der Waals surface area contributed by atoms with Crippen LogP contribution in [0.15, 0.2) is 0 Å². The Kier molecular flexibility index (Phi) is 3.04. The van der Waals surface area contributed by atoms with E-state index in [1.807, 2.05) is 0 Å². The molecule has 0 aliphatic carbocycles. The fourth-order valence-electron chi connectivity index (χ4n) is 1.52. The Bertz CT molecular complexity index is 227. The predicted octanol–water partition coefficient (Wildman–Crippen LogP) is 0.744. The van der Waals surface area contributed by atoms with Crippen LogP contribution in [0, 0.1) is 5.92 Å². The Balaban J connectivity index is 2.54. The summed E-state index contributed by atoms with van der Waals surface area (Å²) in [5.41, 5.74) is 5.30. The highest BCUT2D eigenvalue weighted by molar-refractivity contribution is 5.81. The smallest absolute Gasteiger partial charge is 0.341 e. The average Bonchev–Trinajstić information content (AvgIpc) is 2.49. The van der Waals surface area contributed by atoms with Crippen LogP contribution in [0.3, 0.4) is 0 Å². The molecule has 1 saturated heterocycles. The third kappa shape index (κ3) is 2.37. The third-order valence-electron chi connectivity index (χ3n) is 2.35. The first-order valence-electron chi connectivity index (χ1n) is 4.43. The van der Waals surface area contributed by atoms with Crippen molar-refractivity contribution in [3.63, 3.8) is 0 Å². The number of nitrogens with zero attached hydrogens (tertiary/aromatic N) is 1. The van der Waals surface area contributed by atoms with E-state index in [4.69, 9.17) is 5.73 Å². The van der Waals surface area contributed by atoms with Crippen LogP contribution in [0.1, 0.15) is 13.3 Å². The molecule has 0 aromatic rings. The quantitative estimate of drug-likeness (QED) is 0.694. The predicted molar refractivity (Wildman–Crippen MR) is 44.4 cm³/mol. The van der Waals surface area contributed by atoms with Crippen LogP contribution in [0.4, 0.5) is 13.2 Å². The number of alkyl halides is 3. The molecular formula is C8H13F3N2O. The SMILES string of the molecule is C[C@@H](N)C(=O)N1CCC(C(F)(F)F)C1. The molecule has 1 amide bonds. The lowest BCUT2D eigenvalue weighted by atomic mass is 10.1. The highest BCUT2D eigenvalue weighted by atomic mass is 19.4. The Morgan fingerprint density at radius 3 is 2.50 bits per heavy atom. The van der Waals surface area contributed by atoms with Crippen molar-refractivity contribution in [2.24, 2.45) is 11.7 Å². The molecule has 2 atom stereocenters. The van der Waals surface area contributed by atoms with Gasteiger partial charge in [-0.15, -0.1) is 0 Å². The molecule has 0 saturated carbocycles. The first-order chi connectivity index (χ1) is 6.32. The van der Waals surface area contributed by atoms with E-state index in [0.717, 1.165) is 0 Å². The molecule has 6 heteroatoms. The second-order valence-corrected chi connectivity index (χ2v) is 3.60. The van der Waals surface area contributed by atoms with E-state index in [9.17, 15) is 18.0 Å². The van der Waals surface area contributed by atoms with Gasteiger partial charge in [-0.3, -0.25) is 4.79 Å². The second-order valence-electron chi connectivity index (χ2n) is 3.60. The van der Waals surface area contributed by atoms with Gasteiger partial charge in [-0.2, -0.15) is 13.2 Å². The highest BCUT2D eigenvalue weighted by Crippen LogP contribution is 2.33. The lowest BCUT2D eigenvalue weighted by Gasteiger charge is -2.19. The molecule has 1 unspecified atom stereocenters. The maximum atomic E-state index is 12.2. The lowest BCUT2D eigenvalue weighted by molar-refractivity contribution is -0.171. The van der Waals surface area contributed by atoms with Gasteiger partial charge in [0.2, 0.25) is 5.91 Å². The Morgan fingerprint density at radius 1 is 1.57 bits per heavy atom. The number of likely N-dealkylation sites (tertiary alicyclic amines) is 1. The van der Waals surface area contributed by atoms with Crippen molar-refractivity contribution in [3.05, 3.63) is 0 Å². The van der Waals surface area contributed by atoms with Crippen molar-refractivity contribution in [1.82, 2.24) is 4.90 Å². The van der Waals surface area contributed by atoms with E-state index in [1.165, 1.54) is 11.8 Å². The number of halogens is 3. The summed E-state index contributed by atoms with van der Waals surface area (Å²) >= 11 is 0. The van der Waals surface area contributed by atoms with Crippen LogP contribution >= 0.6 is 0 Å². The van der Waals surface area contributed by atoms with E-state index in [2.05, 4.69) is 0 Å². The minimum atomic E-state index is -4.20. The van der Waals surface area contributed by atoms with E-state index < -0.39 is 24.0 Å². The molecule has 0 aromatic carbocycles. The zero-order valence-corrected chi connectivity index (χ0v) is 7.84. The average molecular weight is 210 g/mol. The summed E-state index contributed by atoms with van der Waals surface area (Å²) in [7, 11) is 0. The molecule has 0 radical (unpaired) electrons. The van der Waals surface area contributed by atoms with Crippen LogP contribution in [0.5, 0.6) is 0 Å². The Morgan fingerprint density at radius 2 is 2.14 bits per heavy atom. The van der Waals surface area contributed by atoms with Crippen LogP contribution in [0.25, 0.3) is 0 Å². The zero-order valence-electron chi connectivity index (χ0n) is 7.84. The third-order valence-corrected chi connectivity index (χ3v) is 2.35. The van der Waals surface area contributed by atoms with Crippen molar-refractivity contribution < 1.29 is 18.0 Å². The largest absolute Gasteiger partial charge is 0.393 e. The van der Waals surface area contributed by atoms with Gasteiger partial charge in [0, 0.05) is 13.1 Å². The highest BCUT2D eigenvalue weighted by Gasteiger charge is 2.44. The first kappa shape index (κ1) is 11.3. The van der Waals surface area contributed by atoms with Crippen molar-refractivity contribution in [1.29, 1.82) is 0 Å². The van der Waals surface area contributed by atoms with Crippen LogP contribution in [-0.2, 0) is 4.79 Å². The van der Waals surface area contributed by atoms with E-state index in [1.54, 1.807) is 0 Å². The number of amides is 1. The molecule has 1 rings (SSSR count). The van der Waals surface area contributed by atoms with Gasteiger partial charge >= 0.3 is 6.18 Å². The van der Waals surface area contributed by atoms with Crippen molar-refractivity contribution in [2.75, 3.05) is 13.1 Å². The number of carbonyl (C=O) groups excluding carboxylic acids is 1. The summed E-state index contributed by atoms with van der Waals surface area (Å²) in [5, 5.41) is 0. The van der Waals surface area contributed by atoms with Crippen LogP contribution in [0.2, 0.25) is 0 Å². The topological polar surface area (TPSA) is 46.3 Å². The van der Waals surface area contributed by atoms with Gasteiger partial charge in [0.1, 0.15) is 0 Å². The second kappa shape index (κ2) is 3.76. The summed E-state index contributed by atoms with van der Waals surface area (Å²) in [6.45, 7) is 1.39. The number of nitrogens with two attached hydrogens (primary N) is 1. The van der Waals surface area contributed by atoms with Gasteiger partial charge in [-0.25, -0.2) is 0 Å². The summed E-state index contributed by atoms with van der Waals surface area (Å²) in [4.78, 5) is 12.4. The fourth-order valence-corrected chi connectivity index (χ4v) is 1.52. The fraction of sp³-hybridized carbons (Fsp3) is 0.875. The molecule has 0 bridgehead atoms. The minimum Gasteiger partial charge on any atom is -0.341 e. The minimum absolute atomic E-state index is 0.0119. The summed E-state index contributed by atoms with van der Waals surface area (Å²) in [6.07, 6.45) is -4.21. The van der Waals surface area contributed by atoms with E-state index in [-0.39, 0.29) is 19.5 Å². The summed E-state index contributed by atoms with van der Waals surface area (Å²) in [6, 6.07) is -0.720. The van der Waals surface area contributed by atoms with Gasteiger partial charge in [0.05, 0.1) is 12.0 Å². The zero-order chi connectivity index (χ0) is 10.9. The summed E-state index contributed by atoms with van der Waals surface area (Å²) in [5.74, 6) is -1.79. The Hall–Kier alpha value is -0.780. The maximum absolute atomic E-state index is 12.2. The molecule has 82 valence electrons. The molecule has 0 aromatic heterocycles. The number of hydrogen-bond donors (Lipinski definition) is 1. The normalized spacial score (nSPS) is 25.2. The van der Waals surface area contributed by atoms with E-state index in [0.29, 0.717) is 0 Å². The lowest BCUT2D eigenvalue weighted by Crippen LogP contribution is -2.41. The first-order valence-corrected chi connectivity index (χ1v) is 4.43. The number of rotatable bonds is 1. The van der Waals surface area contributed by atoms with Crippen LogP contribution in [-0.4, -0.2) is 36.1 Å². The van der Waals surface area contributed by atoms with Gasteiger partial charge in [-0.05, 0) is 13.3 Å². The molecule has 0 spiro atoms. The van der Waals surface area contributed by atoms with Gasteiger partial charge in [0.25, 0.3) is 0 Å². The summed E-state index contributed by atoms with van der Waals surface area (Å²) < 4.78 is 36.7. The molecule has 2 N–H and O–H groups in total. The molecule has 14 heavy (non-hydrogen) atoms. The Labute approximate surface area is 80.0 Å². The number of hydrogen-bond acceptors (Lipinski definition) is 2. The monoisotopic (exact) mass is 210 g/mol. The van der Waals surface area contributed by atoms with E-state index >= 15 is 0 Å². The molecule has 1 aliphatic rings. The van der Waals surface area contributed by atoms with Crippen molar-refractivity contribution >= 4 is 5.91 Å². The molecule has 3 nitrogen and oxygen atoms in total. The van der Waals surface area contributed by atoms with Gasteiger partial charge in [0.15, 0.2) is 0 Å². The van der Waals surface area contributed by atoms with Gasteiger partial charge < -0.3 is 10.6 Å². The molecular weight excluding hydrogens is 197 g/mol. The maximum Gasteiger partial charge on any atom is 0.393 e. The van der Waals surface area contributed by atoms with Crippen molar-refractivity contribution in [2.45, 2.75) is 25.6 Å². The van der Waals surface area contributed by atoms with Crippen molar-refractivity contribution in [3.8, 4) is 0 Å². The molecule has 1 fully saturated rings. The number of carbonyl (C=O) groups is 1. The molecule has 1 aliphatic heterocycles.